The number of benzene rings is 1. The van der Waals surface area contributed by atoms with Crippen molar-refractivity contribution in [2.24, 2.45) is 0 Å². The molecule has 0 aliphatic heterocycles. The van der Waals surface area contributed by atoms with E-state index in [0.29, 0.717) is 16.3 Å². The first kappa shape index (κ1) is 15.5. The quantitative estimate of drug-likeness (QED) is 0.922. The van der Waals surface area contributed by atoms with Gasteiger partial charge in [0.1, 0.15) is 0 Å². The minimum atomic E-state index is -1.22. The fourth-order valence-corrected chi connectivity index (χ4v) is 2.03. The second kappa shape index (κ2) is 6.74. The third kappa shape index (κ3) is 3.83. The molecule has 1 N–H and O–H groups in total. The number of aryl methyl sites for hydroxylation is 1. The van der Waals surface area contributed by atoms with Crippen molar-refractivity contribution in [3.8, 4) is 0 Å². The number of carbonyl (C=O) groups excluding carboxylic acids is 1. The second-order valence-electron chi connectivity index (χ2n) is 4.79. The van der Waals surface area contributed by atoms with Crippen LogP contribution in [0.4, 0.5) is 0 Å². The predicted octanol–water partition coefficient (Wildman–Crippen LogP) is 2.58. The highest BCUT2D eigenvalue weighted by molar-refractivity contribution is 6.30. The van der Waals surface area contributed by atoms with Crippen LogP contribution in [0.5, 0.6) is 0 Å². The Morgan fingerprint density at radius 1 is 1.43 bits per heavy atom. The zero-order valence-electron chi connectivity index (χ0n) is 11.9. The lowest BCUT2D eigenvalue weighted by molar-refractivity contribution is -0.140. The molecule has 2 rings (SSSR count). The van der Waals surface area contributed by atoms with Crippen molar-refractivity contribution in [1.29, 1.82) is 0 Å². The Balaban J connectivity index is 2.02. The molecule has 6 heteroatoms. The van der Waals surface area contributed by atoms with E-state index in [1.54, 1.807) is 37.4 Å². The molecule has 0 bridgehead atoms. The van der Waals surface area contributed by atoms with Gasteiger partial charge in [0.25, 0.3) is 5.91 Å². The van der Waals surface area contributed by atoms with Crippen molar-refractivity contribution in [2.75, 3.05) is 7.05 Å². The molecule has 0 aliphatic carbocycles. The number of hydrogen-bond donors (Lipinski definition) is 1. The number of aromatic nitrogens is 1. The molecule has 1 unspecified atom stereocenters. The smallest absolute Gasteiger partial charge is 0.256 e. The summed E-state index contributed by atoms with van der Waals surface area (Å²) < 4.78 is 5.13. The van der Waals surface area contributed by atoms with E-state index in [-0.39, 0.29) is 6.54 Å². The SMILES string of the molecule is CCc1cc(CN(C)C(=O)C(O)c2ccc(Cl)cc2)on1. The Kier molecular flexibility index (Phi) is 4.98. The molecule has 0 aliphatic rings. The van der Waals surface area contributed by atoms with Gasteiger partial charge in [-0.1, -0.05) is 35.8 Å². The first-order chi connectivity index (χ1) is 10.0. The van der Waals surface area contributed by atoms with Crippen LogP contribution in [-0.2, 0) is 17.8 Å². The maximum absolute atomic E-state index is 12.2. The normalized spacial score (nSPS) is 12.2. The summed E-state index contributed by atoms with van der Waals surface area (Å²) in [5.74, 6) is 0.178. The summed E-state index contributed by atoms with van der Waals surface area (Å²) in [5.41, 5.74) is 1.34. The summed E-state index contributed by atoms with van der Waals surface area (Å²) in [6.45, 7) is 2.23. The van der Waals surface area contributed by atoms with Gasteiger partial charge in [-0.05, 0) is 24.1 Å². The molecular formula is C15H17ClN2O3. The van der Waals surface area contributed by atoms with Crippen molar-refractivity contribution < 1.29 is 14.4 Å². The molecule has 0 fully saturated rings. The minimum absolute atomic E-state index is 0.260. The van der Waals surface area contributed by atoms with Crippen molar-refractivity contribution in [3.63, 3.8) is 0 Å². The van der Waals surface area contributed by atoms with Crippen molar-refractivity contribution in [3.05, 3.63) is 52.4 Å². The first-order valence-electron chi connectivity index (χ1n) is 6.64. The van der Waals surface area contributed by atoms with E-state index < -0.39 is 12.0 Å². The topological polar surface area (TPSA) is 66.6 Å². The number of aliphatic hydroxyl groups excluding tert-OH is 1. The van der Waals surface area contributed by atoms with Crippen LogP contribution in [0.25, 0.3) is 0 Å². The van der Waals surface area contributed by atoms with E-state index in [2.05, 4.69) is 5.16 Å². The fraction of sp³-hybridized carbons (Fsp3) is 0.333. The molecule has 0 saturated heterocycles. The summed E-state index contributed by atoms with van der Waals surface area (Å²) in [4.78, 5) is 13.6. The van der Waals surface area contributed by atoms with Gasteiger partial charge in [0, 0.05) is 18.1 Å². The Morgan fingerprint density at radius 3 is 2.67 bits per heavy atom. The lowest BCUT2D eigenvalue weighted by Crippen LogP contribution is -2.31. The van der Waals surface area contributed by atoms with Gasteiger partial charge in [-0.2, -0.15) is 0 Å². The van der Waals surface area contributed by atoms with Gasteiger partial charge in [-0.15, -0.1) is 0 Å². The summed E-state index contributed by atoms with van der Waals surface area (Å²) in [7, 11) is 1.61. The van der Waals surface area contributed by atoms with Gasteiger partial charge in [-0.25, -0.2) is 0 Å². The number of halogens is 1. The van der Waals surface area contributed by atoms with Crippen molar-refractivity contribution in [2.45, 2.75) is 26.0 Å². The number of nitrogens with zero attached hydrogens (tertiary/aromatic N) is 2. The summed E-state index contributed by atoms with van der Waals surface area (Å²) in [5, 5.41) is 14.5. The van der Waals surface area contributed by atoms with E-state index in [1.807, 2.05) is 6.92 Å². The first-order valence-corrected chi connectivity index (χ1v) is 7.02. The number of hydrogen-bond acceptors (Lipinski definition) is 4. The van der Waals surface area contributed by atoms with Gasteiger partial charge < -0.3 is 14.5 Å². The molecule has 0 saturated carbocycles. The van der Waals surface area contributed by atoms with Crippen LogP contribution < -0.4 is 0 Å². The fourth-order valence-electron chi connectivity index (χ4n) is 1.90. The average Bonchev–Trinajstić information content (AvgIpc) is 2.94. The van der Waals surface area contributed by atoms with Crippen molar-refractivity contribution >= 4 is 17.5 Å². The van der Waals surface area contributed by atoms with Crippen molar-refractivity contribution in [1.82, 2.24) is 10.1 Å². The van der Waals surface area contributed by atoms with Gasteiger partial charge in [0.2, 0.25) is 0 Å². The van der Waals surface area contributed by atoms with Crippen LogP contribution in [-0.4, -0.2) is 28.1 Å². The van der Waals surface area contributed by atoms with Crippen LogP contribution in [0.2, 0.25) is 5.02 Å². The highest BCUT2D eigenvalue weighted by atomic mass is 35.5. The lowest BCUT2D eigenvalue weighted by Gasteiger charge is -2.19. The second-order valence-corrected chi connectivity index (χ2v) is 5.22. The Morgan fingerprint density at radius 2 is 2.10 bits per heavy atom. The minimum Gasteiger partial charge on any atom is -0.378 e. The molecule has 21 heavy (non-hydrogen) atoms. The number of amides is 1. The Labute approximate surface area is 128 Å². The average molecular weight is 309 g/mol. The lowest BCUT2D eigenvalue weighted by atomic mass is 10.1. The zero-order chi connectivity index (χ0) is 15.4. The zero-order valence-corrected chi connectivity index (χ0v) is 12.7. The molecule has 1 atom stereocenters. The summed E-state index contributed by atoms with van der Waals surface area (Å²) >= 11 is 5.79. The van der Waals surface area contributed by atoms with Gasteiger partial charge in [0.05, 0.1) is 12.2 Å². The molecule has 0 radical (unpaired) electrons. The van der Waals surface area contributed by atoms with Crippen LogP contribution in [0.1, 0.15) is 30.0 Å². The predicted molar refractivity (Wildman–Crippen MR) is 78.8 cm³/mol. The monoisotopic (exact) mass is 308 g/mol. The number of carbonyl (C=O) groups is 1. The molecule has 5 nitrogen and oxygen atoms in total. The van der Waals surface area contributed by atoms with Crippen LogP contribution in [0, 0.1) is 0 Å². The molecule has 1 aromatic heterocycles. The van der Waals surface area contributed by atoms with E-state index in [4.69, 9.17) is 16.1 Å². The summed E-state index contributed by atoms with van der Waals surface area (Å²) in [6, 6.07) is 8.33. The molecule has 1 aromatic carbocycles. The number of rotatable bonds is 5. The van der Waals surface area contributed by atoms with E-state index in [9.17, 15) is 9.90 Å². The number of aliphatic hydroxyl groups is 1. The molecule has 2 aromatic rings. The van der Waals surface area contributed by atoms with Crippen LogP contribution >= 0.6 is 11.6 Å². The van der Waals surface area contributed by atoms with E-state index in [0.717, 1.165) is 12.1 Å². The van der Waals surface area contributed by atoms with E-state index >= 15 is 0 Å². The highest BCUT2D eigenvalue weighted by Gasteiger charge is 2.22. The van der Waals surface area contributed by atoms with Gasteiger partial charge in [-0.3, -0.25) is 4.79 Å². The summed E-state index contributed by atoms with van der Waals surface area (Å²) in [6.07, 6.45) is -0.449. The highest BCUT2D eigenvalue weighted by Crippen LogP contribution is 2.19. The third-order valence-corrected chi connectivity index (χ3v) is 3.41. The largest absolute Gasteiger partial charge is 0.378 e. The Bertz CT molecular complexity index is 610. The molecule has 112 valence electrons. The molecule has 1 heterocycles. The number of likely N-dealkylation sites (N-methyl/N-ethyl adjacent to an activating group) is 1. The maximum atomic E-state index is 12.2. The van der Waals surface area contributed by atoms with E-state index in [1.165, 1.54) is 4.90 Å². The van der Waals surface area contributed by atoms with Gasteiger partial charge >= 0.3 is 0 Å². The van der Waals surface area contributed by atoms with Crippen LogP contribution in [0.15, 0.2) is 34.9 Å². The Hall–Kier alpha value is -1.85. The van der Waals surface area contributed by atoms with Crippen LogP contribution in [0.3, 0.4) is 0 Å². The standard InChI is InChI=1S/C15H17ClN2O3/c1-3-12-8-13(21-17-12)9-18(2)15(20)14(19)10-4-6-11(16)7-5-10/h4-8,14,19H,3,9H2,1-2H3. The molecule has 1 amide bonds. The van der Waals surface area contributed by atoms with Gasteiger partial charge in [0.15, 0.2) is 11.9 Å². The molecule has 0 spiro atoms. The third-order valence-electron chi connectivity index (χ3n) is 3.16. The maximum Gasteiger partial charge on any atom is 0.256 e. The molecular weight excluding hydrogens is 292 g/mol.